The first-order chi connectivity index (χ1) is 11.6. The number of aryl methyl sites for hydroxylation is 1. The highest BCUT2D eigenvalue weighted by atomic mass is 79.9. The van der Waals surface area contributed by atoms with Gasteiger partial charge in [0.1, 0.15) is 5.75 Å². The fourth-order valence-corrected chi connectivity index (χ4v) is 3.03. The van der Waals surface area contributed by atoms with Crippen molar-refractivity contribution >= 4 is 39.0 Å². The first-order valence-corrected chi connectivity index (χ1v) is 8.13. The van der Waals surface area contributed by atoms with Crippen LogP contribution in [-0.4, -0.2) is 24.2 Å². The predicted octanol–water partition coefficient (Wildman–Crippen LogP) is 4.01. The first kappa shape index (κ1) is 16.3. The molecule has 0 bridgehead atoms. The number of halogens is 1. The summed E-state index contributed by atoms with van der Waals surface area (Å²) in [7, 11) is 1.58. The number of hydrogen-bond donors (Lipinski definition) is 2. The van der Waals surface area contributed by atoms with Crippen LogP contribution in [0, 0.1) is 6.92 Å². The third kappa shape index (κ3) is 3.19. The average molecular weight is 386 g/mol. The number of hydrazone groups is 1. The summed E-state index contributed by atoms with van der Waals surface area (Å²) >= 11 is 3.36. The minimum Gasteiger partial charge on any atom is -0.496 e. The number of nitrogens with one attached hydrogen (secondary N) is 2. The van der Waals surface area contributed by atoms with Crippen LogP contribution in [0.4, 0.5) is 0 Å². The molecular weight excluding hydrogens is 370 g/mol. The molecule has 3 aromatic rings. The Labute approximate surface area is 147 Å². The van der Waals surface area contributed by atoms with E-state index in [1.807, 2.05) is 31.2 Å². The van der Waals surface area contributed by atoms with Gasteiger partial charge in [0, 0.05) is 27.7 Å². The molecule has 0 fully saturated rings. The summed E-state index contributed by atoms with van der Waals surface area (Å²) < 4.78 is 5.87. The topological polar surface area (TPSA) is 66.5 Å². The number of aromatic amines is 1. The second-order valence-corrected chi connectivity index (χ2v) is 6.11. The van der Waals surface area contributed by atoms with E-state index in [1.165, 1.54) is 0 Å². The Morgan fingerprint density at radius 1 is 1.29 bits per heavy atom. The number of fused-ring (bicyclic) bond motifs is 1. The average Bonchev–Trinajstić information content (AvgIpc) is 2.90. The molecule has 6 heteroatoms. The number of amides is 1. The zero-order chi connectivity index (χ0) is 17.1. The summed E-state index contributed by atoms with van der Waals surface area (Å²) in [5.41, 5.74) is 6.05. The Kier molecular flexibility index (Phi) is 4.66. The molecule has 3 rings (SSSR count). The van der Waals surface area contributed by atoms with E-state index in [2.05, 4.69) is 31.4 Å². The van der Waals surface area contributed by atoms with Crippen molar-refractivity contribution < 1.29 is 9.53 Å². The van der Waals surface area contributed by atoms with Gasteiger partial charge >= 0.3 is 0 Å². The minimum absolute atomic E-state index is 0.285. The number of ether oxygens (including phenoxy) is 1. The lowest BCUT2D eigenvalue weighted by Gasteiger charge is -2.05. The lowest BCUT2D eigenvalue weighted by Crippen LogP contribution is -2.17. The van der Waals surface area contributed by atoms with Gasteiger partial charge in [-0.15, -0.1) is 0 Å². The Morgan fingerprint density at radius 2 is 2.08 bits per heavy atom. The van der Waals surface area contributed by atoms with Crippen molar-refractivity contribution in [2.45, 2.75) is 6.92 Å². The Balaban J connectivity index is 1.77. The number of methoxy groups -OCH3 is 1. The van der Waals surface area contributed by atoms with Crippen molar-refractivity contribution in [1.82, 2.24) is 10.4 Å². The molecule has 1 heterocycles. The summed E-state index contributed by atoms with van der Waals surface area (Å²) in [5, 5.41) is 5.15. The molecule has 1 amide bonds. The third-order valence-corrected chi connectivity index (χ3v) is 4.34. The molecule has 0 aliphatic heterocycles. The summed E-state index contributed by atoms with van der Waals surface area (Å²) in [4.78, 5) is 15.5. The summed E-state index contributed by atoms with van der Waals surface area (Å²) in [5.74, 6) is 0.386. The number of benzene rings is 2. The number of para-hydroxylation sites is 1. The van der Waals surface area contributed by atoms with Crippen LogP contribution in [0.15, 0.2) is 52.0 Å². The molecule has 0 aliphatic rings. The van der Waals surface area contributed by atoms with Gasteiger partial charge < -0.3 is 9.72 Å². The number of carbonyl (C=O) groups excluding carboxylic acids is 1. The quantitative estimate of drug-likeness (QED) is 0.526. The molecule has 0 radical (unpaired) electrons. The normalized spacial score (nSPS) is 11.1. The molecule has 0 aliphatic carbocycles. The monoisotopic (exact) mass is 385 g/mol. The molecule has 1 aromatic heterocycles. The zero-order valence-electron chi connectivity index (χ0n) is 13.3. The fraction of sp³-hybridized carbons (Fsp3) is 0.111. The number of carbonyl (C=O) groups is 1. The van der Waals surface area contributed by atoms with Crippen molar-refractivity contribution in [3.05, 3.63) is 63.8 Å². The molecule has 0 atom stereocenters. The van der Waals surface area contributed by atoms with Crippen molar-refractivity contribution in [2.24, 2.45) is 5.10 Å². The maximum atomic E-state index is 12.2. The van der Waals surface area contributed by atoms with Gasteiger partial charge in [-0.3, -0.25) is 4.79 Å². The zero-order valence-corrected chi connectivity index (χ0v) is 14.8. The van der Waals surface area contributed by atoms with Crippen molar-refractivity contribution in [3.8, 4) is 5.75 Å². The van der Waals surface area contributed by atoms with Crippen LogP contribution >= 0.6 is 15.9 Å². The van der Waals surface area contributed by atoms with Gasteiger partial charge in [-0.05, 0) is 47.1 Å². The Bertz CT molecular complexity index is 931. The van der Waals surface area contributed by atoms with Crippen molar-refractivity contribution in [3.63, 3.8) is 0 Å². The maximum Gasteiger partial charge on any atom is 0.271 e. The van der Waals surface area contributed by atoms with Gasteiger partial charge in [0.05, 0.1) is 17.8 Å². The molecule has 0 saturated carbocycles. The molecule has 0 unspecified atom stereocenters. The van der Waals surface area contributed by atoms with E-state index in [0.29, 0.717) is 15.8 Å². The molecule has 0 saturated heterocycles. The van der Waals surface area contributed by atoms with Crippen LogP contribution in [0.25, 0.3) is 10.9 Å². The number of aromatic nitrogens is 1. The largest absolute Gasteiger partial charge is 0.496 e. The smallest absolute Gasteiger partial charge is 0.271 e. The number of nitrogens with zero attached hydrogens (tertiary/aromatic N) is 1. The second-order valence-electron chi connectivity index (χ2n) is 5.26. The van der Waals surface area contributed by atoms with Crippen LogP contribution in [0.1, 0.15) is 21.6 Å². The van der Waals surface area contributed by atoms with Gasteiger partial charge in [0.15, 0.2) is 0 Å². The van der Waals surface area contributed by atoms with Gasteiger partial charge in [0.25, 0.3) is 5.91 Å². The van der Waals surface area contributed by atoms with E-state index in [9.17, 15) is 4.79 Å². The van der Waals surface area contributed by atoms with Crippen molar-refractivity contribution in [1.29, 1.82) is 0 Å². The number of H-pyrrole nitrogens is 1. The highest BCUT2D eigenvalue weighted by Crippen LogP contribution is 2.25. The summed E-state index contributed by atoms with van der Waals surface area (Å²) in [6, 6.07) is 13.1. The van der Waals surface area contributed by atoms with E-state index in [1.54, 1.807) is 31.5 Å². The van der Waals surface area contributed by atoms with Crippen LogP contribution in [0.2, 0.25) is 0 Å². The Morgan fingerprint density at radius 3 is 2.83 bits per heavy atom. The minimum atomic E-state index is -0.285. The number of hydrogen-bond acceptors (Lipinski definition) is 3. The second kappa shape index (κ2) is 6.88. The van der Waals surface area contributed by atoms with E-state index in [4.69, 9.17) is 4.74 Å². The summed E-state index contributed by atoms with van der Waals surface area (Å²) in [6.45, 7) is 1.98. The van der Waals surface area contributed by atoms with E-state index in [0.717, 1.165) is 22.2 Å². The highest BCUT2D eigenvalue weighted by molar-refractivity contribution is 9.10. The lowest BCUT2D eigenvalue weighted by molar-refractivity contribution is 0.0955. The standard InChI is InChI=1S/C18H16BrN3O2/c1-11-14(13-5-3-4-6-16(13)21-11)10-20-22-18(23)12-7-8-17(24-2)15(19)9-12/h3-10,21H,1-2H3,(H,22,23)/b20-10+. The summed E-state index contributed by atoms with van der Waals surface area (Å²) in [6.07, 6.45) is 1.66. The van der Waals surface area contributed by atoms with Crippen LogP contribution in [0.5, 0.6) is 5.75 Å². The lowest BCUT2D eigenvalue weighted by atomic mass is 10.1. The van der Waals surface area contributed by atoms with E-state index >= 15 is 0 Å². The van der Waals surface area contributed by atoms with Gasteiger partial charge in [-0.1, -0.05) is 18.2 Å². The van der Waals surface area contributed by atoms with Gasteiger partial charge in [0.2, 0.25) is 0 Å². The fourth-order valence-electron chi connectivity index (χ4n) is 2.49. The molecule has 122 valence electrons. The molecular formula is C18H16BrN3O2. The van der Waals surface area contributed by atoms with Crippen LogP contribution in [-0.2, 0) is 0 Å². The molecule has 2 N–H and O–H groups in total. The van der Waals surface area contributed by atoms with Gasteiger partial charge in [-0.2, -0.15) is 5.10 Å². The predicted molar refractivity (Wildman–Crippen MR) is 98.8 cm³/mol. The van der Waals surface area contributed by atoms with E-state index < -0.39 is 0 Å². The van der Waals surface area contributed by atoms with Crippen molar-refractivity contribution in [2.75, 3.05) is 7.11 Å². The SMILES string of the molecule is COc1ccc(C(=O)N/N=C/c2c(C)[nH]c3ccccc23)cc1Br. The highest BCUT2D eigenvalue weighted by Gasteiger charge is 2.09. The maximum absolute atomic E-state index is 12.2. The molecule has 5 nitrogen and oxygen atoms in total. The molecule has 2 aromatic carbocycles. The van der Waals surface area contributed by atoms with Crippen LogP contribution in [0.3, 0.4) is 0 Å². The molecule has 24 heavy (non-hydrogen) atoms. The third-order valence-electron chi connectivity index (χ3n) is 3.72. The van der Waals surface area contributed by atoms with Gasteiger partial charge in [-0.25, -0.2) is 5.43 Å². The van der Waals surface area contributed by atoms with E-state index in [-0.39, 0.29) is 5.91 Å². The number of rotatable bonds is 4. The van der Waals surface area contributed by atoms with Crippen LogP contribution < -0.4 is 10.2 Å². The molecule has 0 spiro atoms. The first-order valence-electron chi connectivity index (χ1n) is 7.34. The Hall–Kier alpha value is -2.60.